The number of benzene rings is 3. The van der Waals surface area contributed by atoms with Crippen LogP contribution in [-0.2, 0) is 25.4 Å². The molecule has 4 amide bonds. The lowest BCUT2D eigenvalue weighted by Crippen LogP contribution is -2.58. The zero-order valence-corrected chi connectivity index (χ0v) is 33.9. The number of nitrogens with zero attached hydrogens (tertiary/aromatic N) is 5. The fourth-order valence-corrected chi connectivity index (χ4v) is 8.60. The molecule has 58 heavy (non-hydrogen) atoms. The Morgan fingerprint density at radius 3 is 2.38 bits per heavy atom. The largest absolute Gasteiger partial charge is 0.491 e. The van der Waals surface area contributed by atoms with Crippen molar-refractivity contribution in [2.24, 2.45) is 0 Å². The number of carbonyl (C=O) groups excluding carboxylic acids is 4. The van der Waals surface area contributed by atoms with Crippen molar-refractivity contribution in [1.29, 1.82) is 5.26 Å². The van der Waals surface area contributed by atoms with E-state index in [-0.39, 0.29) is 53.5 Å². The second-order valence-corrected chi connectivity index (χ2v) is 16.0. The fourth-order valence-electron chi connectivity index (χ4n) is 7.71. The number of alkyl halides is 3. The van der Waals surface area contributed by atoms with Crippen LogP contribution in [0, 0.1) is 11.3 Å². The summed E-state index contributed by atoms with van der Waals surface area (Å²) in [5.41, 5.74) is -2.21. The van der Waals surface area contributed by atoms with E-state index in [1.54, 1.807) is 67.3 Å². The molecule has 6 rings (SSSR count). The molecule has 0 spiro atoms. The van der Waals surface area contributed by atoms with Crippen LogP contribution in [0.25, 0.3) is 0 Å². The maximum absolute atomic E-state index is 13.7. The minimum absolute atomic E-state index is 0.0467. The van der Waals surface area contributed by atoms with Gasteiger partial charge in [-0.2, -0.15) is 18.4 Å². The Hall–Kier alpha value is -5.02. The number of imide groups is 1. The van der Waals surface area contributed by atoms with Gasteiger partial charge in [0.15, 0.2) is 5.50 Å². The van der Waals surface area contributed by atoms with Crippen molar-refractivity contribution in [2.75, 3.05) is 53.2 Å². The summed E-state index contributed by atoms with van der Waals surface area (Å²) in [4.78, 5) is 57.6. The van der Waals surface area contributed by atoms with Crippen LogP contribution in [0.2, 0.25) is 5.02 Å². The van der Waals surface area contributed by atoms with Gasteiger partial charge in [0, 0.05) is 60.9 Å². The molecule has 0 aromatic heterocycles. The summed E-state index contributed by atoms with van der Waals surface area (Å²) in [6, 6.07) is 16.4. The van der Waals surface area contributed by atoms with Gasteiger partial charge >= 0.3 is 6.18 Å². The predicted octanol–water partition coefficient (Wildman–Crippen LogP) is 5.70. The van der Waals surface area contributed by atoms with Crippen LogP contribution in [0.3, 0.4) is 0 Å². The molecule has 4 atom stereocenters. The minimum atomic E-state index is -4.80. The highest BCUT2D eigenvalue weighted by atomic mass is 35.5. The molecule has 3 aromatic rings. The van der Waals surface area contributed by atoms with E-state index in [0.29, 0.717) is 55.5 Å². The van der Waals surface area contributed by atoms with Gasteiger partial charge in [0.1, 0.15) is 23.9 Å². The summed E-state index contributed by atoms with van der Waals surface area (Å²) in [5, 5.41) is 17.9. The molecule has 3 heterocycles. The summed E-state index contributed by atoms with van der Waals surface area (Å²) in [6.45, 7) is 9.90. The average Bonchev–Trinajstić information content (AvgIpc) is 3.33. The first-order valence-electron chi connectivity index (χ1n) is 18.7. The van der Waals surface area contributed by atoms with E-state index >= 15 is 0 Å². The zero-order valence-electron chi connectivity index (χ0n) is 32.3. The molecule has 3 aromatic carbocycles. The lowest BCUT2D eigenvalue weighted by molar-refractivity contribution is -0.138. The van der Waals surface area contributed by atoms with Gasteiger partial charge in [-0.1, -0.05) is 17.7 Å². The van der Waals surface area contributed by atoms with Crippen molar-refractivity contribution in [1.82, 2.24) is 15.1 Å². The summed E-state index contributed by atoms with van der Waals surface area (Å²) >= 11 is 11.3. The Kier molecular flexibility index (Phi) is 12.5. The molecular formula is C40H44ClF3N8O5S. The first kappa shape index (κ1) is 42.6. The van der Waals surface area contributed by atoms with Crippen LogP contribution in [0.15, 0.2) is 60.7 Å². The Morgan fingerprint density at radius 2 is 1.72 bits per heavy atom. The van der Waals surface area contributed by atoms with E-state index in [0.717, 1.165) is 17.0 Å². The van der Waals surface area contributed by atoms with Crippen LogP contribution >= 0.6 is 24.2 Å². The van der Waals surface area contributed by atoms with Crippen LogP contribution in [-0.4, -0.2) is 95.4 Å². The molecule has 3 aliphatic heterocycles. The highest BCUT2D eigenvalue weighted by Gasteiger charge is 2.52. The molecular weight excluding hydrogens is 797 g/mol. The van der Waals surface area contributed by atoms with Gasteiger partial charge in [-0.05, 0) is 88.7 Å². The normalized spacial score (nSPS) is 22.7. The lowest BCUT2D eigenvalue weighted by Gasteiger charge is -2.44. The number of nitriles is 1. The van der Waals surface area contributed by atoms with Gasteiger partial charge < -0.3 is 20.3 Å². The Labute approximate surface area is 344 Å². The van der Waals surface area contributed by atoms with Gasteiger partial charge in [-0.25, -0.2) is 0 Å². The molecule has 2 unspecified atom stereocenters. The van der Waals surface area contributed by atoms with Gasteiger partial charge in [0.05, 0.1) is 28.8 Å². The maximum atomic E-state index is 13.7. The zero-order chi connectivity index (χ0) is 42.1. The molecule has 0 saturated carbocycles. The third-order valence-corrected chi connectivity index (χ3v) is 11.4. The number of piperazine rings is 1. The number of nitrogens with one attached hydrogen (secondary N) is 3. The minimum Gasteiger partial charge on any atom is -0.491 e. The third-order valence-electron chi connectivity index (χ3n) is 10.6. The summed E-state index contributed by atoms with van der Waals surface area (Å²) in [7, 11) is 0. The number of anilines is 4. The van der Waals surface area contributed by atoms with Crippen molar-refractivity contribution in [2.45, 2.75) is 75.9 Å². The van der Waals surface area contributed by atoms with Crippen molar-refractivity contribution >= 4 is 70.6 Å². The quantitative estimate of drug-likeness (QED) is 0.140. The molecule has 0 aliphatic carbocycles. The molecule has 0 radical (unpaired) electrons. The van der Waals surface area contributed by atoms with Crippen LogP contribution < -0.4 is 30.5 Å². The number of piperidine rings is 1. The molecule has 3 aliphatic rings. The van der Waals surface area contributed by atoms with E-state index in [4.69, 9.17) is 16.3 Å². The number of carbonyl (C=O) groups is 4. The number of amides is 4. The monoisotopic (exact) mass is 840 g/mol. The van der Waals surface area contributed by atoms with Gasteiger partial charge in [-0.15, -0.1) is 12.6 Å². The van der Waals surface area contributed by atoms with Crippen molar-refractivity contribution in [3.05, 3.63) is 76.8 Å². The fraction of sp³-hybridized carbons (Fsp3) is 0.425. The standard InChI is InChI=1S/C40H44ClF3N8O5S/c1-23-20-49(21-24(2)50(23)22-35(54)47-27-7-5-6-26(16-27)46-32-11-13-34(53)48-36(32)55)14-15-57-33-12-10-29(18-31(33)41)52-38(58)51(37(56)39(52,3)4)28-9-8-25(19-45)30(17-28)40(42,43)44/h5-10,12,16-18,23-24,32,38,46,58H,11,13-15,20-22H2,1-4H3,(H,47,54)(H,48,53,55)/t23-,24+,32?,38?. The molecule has 3 fully saturated rings. The van der Waals surface area contributed by atoms with Crippen molar-refractivity contribution in [3.8, 4) is 11.8 Å². The summed E-state index contributed by atoms with van der Waals surface area (Å²) in [5.74, 6) is -0.910. The SMILES string of the molecule is C[C@@H]1CN(CCOc2ccc(N3C(S)N(c4ccc(C#N)c(C(F)(F)F)c4)C(=O)C3(C)C)cc2Cl)C[C@H](C)N1CC(=O)Nc1cccc(NC2CCC(=O)NC2=O)c1. The first-order valence-corrected chi connectivity index (χ1v) is 19.6. The van der Waals surface area contributed by atoms with E-state index in [1.165, 1.54) is 6.07 Å². The second-order valence-electron chi connectivity index (χ2n) is 15.2. The van der Waals surface area contributed by atoms with E-state index in [1.807, 2.05) is 0 Å². The topological polar surface area (TPSA) is 150 Å². The Morgan fingerprint density at radius 1 is 1.03 bits per heavy atom. The average molecular weight is 841 g/mol. The molecule has 3 saturated heterocycles. The first-order chi connectivity index (χ1) is 27.4. The Bertz CT molecular complexity index is 2120. The summed E-state index contributed by atoms with van der Waals surface area (Å²) in [6.07, 6.45) is -4.15. The Balaban J connectivity index is 1.01. The summed E-state index contributed by atoms with van der Waals surface area (Å²) < 4.78 is 47.3. The molecule has 0 bridgehead atoms. The molecule has 13 nitrogen and oxygen atoms in total. The van der Waals surface area contributed by atoms with Crippen LogP contribution in [0.5, 0.6) is 5.75 Å². The van der Waals surface area contributed by atoms with E-state index in [2.05, 4.69) is 52.2 Å². The van der Waals surface area contributed by atoms with Gasteiger partial charge in [-0.3, -0.25) is 39.2 Å². The van der Waals surface area contributed by atoms with E-state index < -0.39 is 40.3 Å². The highest BCUT2D eigenvalue weighted by molar-refractivity contribution is 7.81. The van der Waals surface area contributed by atoms with Crippen LogP contribution in [0.1, 0.15) is 51.7 Å². The van der Waals surface area contributed by atoms with Crippen molar-refractivity contribution in [3.63, 3.8) is 0 Å². The number of hydrogen-bond acceptors (Lipinski definition) is 11. The van der Waals surface area contributed by atoms with Gasteiger partial charge in [0.25, 0.3) is 5.91 Å². The number of ether oxygens (including phenoxy) is 1. The van der Waals surface area contributed by atoms with E-state index in [9.17, 15) is 37.6 Å². The molecule has 308 valence electrons. The highest BCUT2D eigenvalue weighted by Crippen LogP contribution is 2.43. The molecule has 18 heteroatoms. The number of halogens is 4. The number of hydrogen-bond donors (Lipinski definition) is 4. The maximum Gasteiger partial charge on any atom is 0.417 e. The van der Waals surface area contributed by atoms with Crippen LogP contribution in [0.4, 0.5) is 35.9 Å². The van der Waals surface area contributed by atoms with Crippen molar-refractivity contribution < 1.29 is 37.1 Å². The van der Waals surface area contributed by atoms with Gasteiger partial charge in [0.2, 0.25) is 17.7 Å². The number of rotatable bonds is 11. The number of thiol groups is 1. The molecule has 3 N–H and O–H groups in total. The third kappa shape index (κ3) is 9.15. The smallest absolute Gasteiger partial charge is 0.417 e. The predicted molar refractivity (Wildman–Crippen MR) is 217 cm³/mol. The lowest BCUT2D eigenvalue weighted by atomic mass is 10.0. The second kappa shape index (κ2) is 17.1.